The summed E-state index contributed by atoms with van der Waals surface area (Å²) < 4.78 is 26.4. The van der Waals surface area contributed by atoms with Gasteiger partial charge in [0.05, 0.1) is 22.3 Å². The Balaban J connectivity index is 1.58. The van der Waals surface area contributed by atoms with E-state index in [1.165, 1.54) is 48.5 Å². The molecule has 4 aromatic rings. The smallest absolute Gasteiger partial charge is 0.371 e. The molecule has 0 amide bonds. The molecule has 9 nitrogen and oxygen atoms in total. The number of hydrogen-bond donors (Lipinski definition) is 0. The van der Waals surface area contributed by atoms with Crippen molar-refractivity contribution in [1.82, 2.24) is 0 Å². The van der Waals surface area contributed by atoms with Crippen molar-refractivity contribution in [1.29, 1.82) is 0 Å². The van der Waals surface area contributed by atoms with Crippen LogP contribution in [0, 0.1) is 0 Å². The van der Waals surface area contributed by atoms with Crippen molar-refractivity contribution in [3.05, 3.63) is 144 Å². The zero-order valence-corrected chi connectivity index (χ0v) is 20.4. The molecule has 4 rings (SSSR count). The molecule has 0 radical (unpaired) electrons. The Morgan fingerprint density at radius 2 is 0.564 bits per heavy atom. The number of carbonyl (C=O) groups excluding carboxylic acids is 4. The zero-order chi connectivity index (χ0) is 27.5. The second-order valence-electron chi connectivity index (χ2n) is 7.80. The predicted octanol–water partition coefficient (Wildman–Crippen LogP) is 5.00. The number of benzene rings is 4. The molecule has 0 aromatic heterocycles. The Labute approximate surface area is 223 Å². The summed E-state index contributed by atoms with van der Waals surface area (Å²) >= 11 is 0. The second-order valence-corrected chi connectivity index (χ2v) is 7.80. The van der Waals surface area contributed by atoms with E-state index in [1.54, 1.807) is 72.8 Å². The Kier molecular flexibility index (Phi) is 9.14. The lowest BCUT2D eigenvalue weighted by Gasteiger charge is -2.23. The van der Waals surface area contributed by atoms with Gasteiger partial charge in [0, 0.05) is 0 Å². The third kappa shape index (κ3) is 7.85. The van der Waals surface area contributed by atoms with Gasteiger partial charge >= 0.3 is 36.8 Å². The minimum Gasteiger partial charge on any atom is -0.396 e. The summed E-state index contributed by atoms with van der Waals surface area (Å²) in [6.45, 7) is -4.13. The van der Waals surface area contributed by atoms with E-state index in [4.69, 9.17) is 23.7 Å². The summed E-state index contributed by atoms with van der Waals surface area (Å²) in [5.41, 5.74) is 0.504. The lowest BCUT2D eigenvalue weighted by molar-refractivity contribution is -0.343. The quantitative estimate of drug-likeness (QED) is 0.208. The molecule has 0 saturated carbocycles. The van der Waals surface area contributed by atoms with E-state index < -0.39 is 36.8 Å². The highest BCUT2D eigenvalue weighted by atomic mass is 17.0. The maximum absolute atomic E-state index is 12.7. The Bertz CT molecular complexity index is 1180. The fraction of sp³-hybridized carbons (Fsp3) is 0.0667. The number of rotatable bonds is 10. The van der Waals surface area contributed by atoms with Gasteiger partial charge in [-0.15, -0.1) is 0 Å². The lowest BCUT2D eigenvalue weighted by atomic mass is 10.2. The van der Waals surface area contributed by atoms with Crippen LogP contribution in [-0.4, -0.2) is 36.8 Å². The first kappa shape index (κ1) is 26.8. The molecule has 0 fully saturated rings. The average Bonchev–Trinajstić information content (AvgIpc) is 2.98. The molecule has 0 bridgehead atoms. The number of hydrogen-bond acceptors (Lipinski definition) is 9. The summed E-state index contributed by atoms with van der Waals surface area (Å²) in [6, 6.07) is 31.4. The van der Waals surface area contributed by atoms with Gasteiger partial charge in [0.2, 0.25) is 0 Å². The van der Waals surface area contributed by atoms with Gasteiger partial charge in [0.15, 0.2) is 0 Å². The molecule has 39 heavy (non-hydrogen) atoms. The summed E-state index contributed by atoms with van der Waals surface area (Å²) in [5, 5.41) is 0. The molecule has 196 valence electrons. The molecule has 0 aliphatic carbocycles. The summed E-state index contributed by atoms with van der Waals surface area (Å²) in [6.07, 6.45) is 0. The van der Waals surface area contributed by atoms with E-state index in [-0.39, 0.29) is 22.3 Å². The summed E-state index contributed by atoms with van der Waals surface area (Å²) in [5.74, 6) is -3.65. The normalized spacial score (nSPS) is 10.5. The molecule has 0 aliphatic rings. The molecule has 9 heteroatoms. The third-order valence-electron chi connectivity index (χ3n) is 5.07. The van der Waals surface area contributed by atoms with Crippen LogP contribution in [0.3, 0.4) is 0 Å². The van der Waals surface area contributed by atoms with Crippen LogP contribution < -0.4 is 0 Å². The number of ether oxygens (including phenoxy) is 5. The number of esters is 4. The molecule has 0 saturated heterocycles. The van der Waals surface area contributed by atoms with Crippen LogP contribution in [0.15, 0.2) is 121 Å². The summed E-state index contributed by atoms with van der Waals surface area (Å²) in [7, 11) is 0. The molecular formula is C30H22O9. The Hall–Kier alpha value is -5.28. The topological polar surface area (TPSA) is 114 Å². The predicted molar refractivity (Wildman–Crippen MR) is 136 cm³/mol. The highest BCUT2D eigenvalue weighted by molar-refractivity contribution is 5.92. The van der Waals surface area contributed by atoms with Crippen molar-refractivity contribution in [2.75, 3.05) is 0 Å². The van der Waals surface area contributed by atoms with E-state index in [9.17, 15) is 19.2 Å². The molecule has 0 spiro atoms. The van der Waals surface area contributed by atoms with Crippen molar-refractivity contribution < 1.29 is 42.9 Å². The van der Waals surface area contributed by atoms with E-state index >= 15 is 0 Å². The van der Waals surface area contributed by atoms with E-state index in [0.717, 1.165) is 0 Å². The van der Waals surface area contributed by atoms with Gasteiger partial charge in [-0.3, -0.25) is 0 Å². The minimum atomic E-state index is -2.07. The second kappa shape index (κ2) is 13.3. The molecular weight excluding hydrogens is 504 g/mol. The molecule has 0 atom stereocenters. The van der Waals surface area contributed by atoms with Gasteiger partial charge < -0.3 is 18.9 Å². The van der Waals surface area contributed by atoms with Gasteiger partial charge in [-0.05, 0) is 48.5 Å². The monoisotopic (exact) mass is 526 g/mol. The van der Waals surface area contributed by atoms with Crippen molar-refractivity contribution >= 4 is 23.9 Å². The molecule has 4 aromatic carbocycles. The van der Waals surface area contributed by atoms with Gasteiger partial charge in [-0.2, -0.15) is 0 Å². The van der Waals surface area contributed by atoms with Crippen molar-refractivity contribution in [2.45, 2.75) is 13.0 Å². The fourth-order valence-corrected chi connectivity index (χ4v) is 3.17. The maximum Gasteiger partial charge on any atom is 0.371 e. The summed E-state index contributed by atoms with van der Waals surface area (Å²) in [4.78, 5) is 50.9. The molecule has 0 heterocycles. The largest absolute Gasteiger partial charge is 0.396 e. The fourth-order valence-electron chi connectivity index (χ4n) is 3.17. The molecule has 0 unspecified atom stereocenters. The average molecular weight is 526 g/mol. The van der Waals surface area contributed by atoms with Gasteiger partial charge in [-0.1, -0.05) is 72.8 Å². The standard InChI is InChI=1S/C30H22O9/c31-25(21-13-5-1-6-14-21)35-29(36-26(32)22-15-7-2-8-16-22)39-30(37-27(33)23-17-9-3-10-18-23)38-28(34)24-19-11-4-12-20-24/h1-20,29-30H. The van der Waals surface area contributed by atoms with E-state index in [1.807, 2.05) is 0 Å². The first-order valence-corrected chi connectivity index (χ1v) is 11.7. The van der Waals surface area contributed by atoms with Crippen LogP contribution in [0.5, 0.6) is 0 Å². The SMILES string of the molecule is O=C(OC(OC(=O)c1ccccc1)OC(OC(=O)c1ccccc1)OC(=O)c1ccccc1)c1ccccc1. The first-order chi connectivity index (χ1) is 19.0. The van der Waals surface area contributed by atoms with Crippen LogP contribution in [-0.2, 0) is 23.7 Å². The Morgan fingerprint density at radius 1 is 0.359 bits per heavy atom. The van der Waals surface area contributed by atoms with Gasteiger partial charge in [-0.25, -0.2) is 23.9 Å². The van der Waals surface area contributed by atoms with Crippen LogP contribution in [0.25, 0.3) is 0 Å². The van der Waals surface area contributed by atoms with Crippen LogP contribution >= 0.6 is 0 Å². The minimum absolute atomic E-state index is 0.126. The van der Waals surface area contributed by atoms with Crippen LogP contribution in [0.2, 0.25) is 0 Å². The third-order valence-corrected chi connectivity index (χ3v) is 5.07. The highest BCUT2D eigenvalue weighted by Gasteiger charge is 2.31. The van der Waals surface area contributed by atoms with Gasteiger partial charge in [0.1, 0.15) is 0 Å². The van der Waals surface area contributed by atoms with Crippen LogP contribution in [0.1, 0.15) is 41.4 Å². The highest BCUT2D eigenvalue weighted by Crippen LogP contribution is 2.16. The maximum atomic E-state index is 12.7. The first-order valence-electron chi connectivity index (χ1n) is 11.7. The van der Waals surface area contributed by atoms with Gasteiger partial charge in [0.25, 0.3) is 0 Å². The van der Waals surface area contributed by atoms with Crippen molar-refractivity contribution in [3.8, 4) is 0 Å². The number of carbonyl (C=O) groups is 4. The molecule has 0 aliphatic heterocycles. The van der Waals surface area contributed by atoms with E-state index in [2.05, 4.69) is 0 Å². The lowest BCUT2D eigenvalue weighted by Crippen LogP contribution is -2.36. The van der Waals surface area contributed by atoms with Crippen molar-refractivity contribution in [2.24, 2.45) is 0 Å². The Morgan fingerprint density at radius 3 is 0.769 bits per heavy atom. The van der Waals surface area contributed by atoms with E-state index in [0.29, 0.717) is 0 Å². The van der Waals surface area contributed by atoms with Crippen molar-refractivity contribution in [3.63, 3.8) is 0 Å². The zero-order valence-electron chi connectivity index (χ0n) is 20.4. The molecule has 0 N–H and O–H groups in total. The van der Waals surface area contributed by atoms with Crippen LogP contribution in [0.4, 0.5) is 0 Å².